The molecule has 0 unspecified atom stereocenters. The molecule has 0 atom stereocenters. The molecular weight excluding hydrogens is 432 g/mol. The molecule has 2 amide bonds. The minimum absolute atomic E-state index is 0.0836. The van der Waals surface area contributed by atoms with Gasteiger partial charge in [-0.3, -0.25) is 19.3 Å². The van der Waals surface area contributed by atoms with Crippen LogP contribution in [0.4, 0.5) is 17.1 Å². The zero-order chi connectivity index (χ0) is 22.7. The number of ether oxygens (including phenoxy) is 1. The third-order valence-corrected chi connectivity index (χ3v) is 6.29. The van der Waals surface area contributed by atoms with Gasteiger partial charge in [0.1, 0.15) is 5.75 Å². The highest BCUT2D eigenvalue weighted by Gasteiger charge is 2.21. The normalized spacial score (nSPS) is 13.0. The van der Waals surface area contributed by atoms with E-state index in [1.54, 1.807) is 36.5 Å². The summed E-state index contributed by atoms with van der Waals surface area (Å²) in [7, 11) is -2.46. The number of nitrogens with one attached hydrogen (secondary N) is 3. The molecule has 0 saturated heterocycles. The molecule has 10 heteroatoms. The SMILES string of the molecule is COc1cc(NS(=O)(=O)c2ccc3c(c2)CCC(=O)N3)ccc1NC(=O)c1cccnc1. The third-order valence-electron chi connectivity index (χ3n) is 4.91. The van der Waals surface area contributed by atoms with Crippen LogP contribution in [0.1, 0.15) is 22.3 Å². The second kappa shape index (κ2) is 8.67. The van der Waals surface area contributed by atoms with Crippen molar-refractivity contribution in [1.29, 1.82) is 0 Å². The number of aromatic nitrogens is 1. The van der Waals surface area contributed by atoms with Crippen molar-refractivity contribution in [3.63, 3.8) is 0 Å². The summed E-state index contributed by atoms with van der Waals surface area (Å²) in [5.41, 5.74) is 2.41. The number of aryl methyl sites for hydroxylation is 1. The van der Waals surface area contributed by atoms with Crippen molar-refractivity contribution >= 4 is 38.9 Å². The van der Waals surface area contributed by atoms with Gasteiger partial charge >= 0.3 is 0 Å². The monoisotopic (exact) mass is 452 g/mol. The first-order valence-electron chi connectivity index (χ1n) is 9.71. The first-order valence-corrected chi connectivity index (χ1v) is 11.2. The van der Waals surface area contributed by atoms with Crippen LogP contribution in [0.5, 0.6) is 5.75 Å². The minimum atomic E-state index is -3.88. The molecule has 3 N–H and O–H groups in total. The van der Waals surface area contributed by atoms with Gasteiger partial charge in [0, 0.05) is 30.6 Å². The fraction of sp³-hybridized carbons (Fsp3) is 0.136. The van der Waals surface area contributed by atoms with Gasteiger partial charge in [0.2, 0.25) is 5.91 Å². The molecule has 0 spiro atoms. The maximum atomic E-state index is 12.9. The number of fused-ring (bicyclic) bond motifs is 1. The topological polar surface area (TPSA) is 126 Å². The highest BCUT2D eigenvalue weighted by atomic mass is 32.2. The summed E-state index contributed by atoms with van der Waals surface area (Å²) in [6.45, 7) is 0. The number of carbonyl (C=O) groups is 2. The van der Waals surface area contributed by atoms with Crippen molar-refractivity contribution in [2.75, 3.05) is 22.5 Å². The lowest BCUT2D eigenvalue weighted by atomic mass is 10.0. The van der Waals surface area contributed by atoms with Gasteiger partial charge in [0.25, 0.3) is 15.9 Å². The summed E-state index contributed by atoms with van der Waals surface area (Å²) in [4.78, 5) is 27.9. The van der Waals surface area contributed by atoms with Gasteiger partial charge in [-0.05, 0) is 54.4 Å². The van der Waals surface area contributed by atoms with Crippen LogP contribution in [0.25, 0.3) is 0 Å². The first-order chi connectivity index (χ1) is 15.4. The Bertz CT molecular complexity index is 1290. The minimum Gasteiger partial charge on any atom is -0.494 e. The van der Waals surface area contributed by atoms with E-state index in [2.05, 4.69) is 20.3 Å². The number of amides is 2. The average molecular weight is 452 g/mol. The number of carbonyl (C=O) groups excluding carboxylic acids is 2. The molecule has 0 saturated carbocycles. The van der Waals surface area contributed by atoms with Gasteiger partial charge in [-0.15, -0.1) is 0 Å². The van der Waals surface area contributed by atoms with Crippen molar-refractivity contribution in [2.24, 2.45) is 0 Å². The largest absolute Gasteiger partial charge is 0.494 e. The van der Waals surface area contributed by atoms with Crippen LogP contribution in [0.3, 0.4) is 0 Å². The Hall–Kier alpha value is -3.92. The molecule has 2 heterocycles. The summed E-state index contributed by atoms with van der Waals surface area (Å²) >= 11 is 0. The number of anilines is 3. The summed E-state index contributed by atoms with van der Waals surface area (Å²) in [6.07, 6.45) is 3.79. The Morgan fingerprint density at radius 1 is 1.12 bits per heavy atom. The summed E-state index contributed by atoms with van der Waals surface area (Å²) in [5, 5.41) is 5.45. The first kappa shape index (κ1) is 21.3. The van der Waals surface area contributed by atoms with E-state index in [-0.39, 0.29) is 28.1 Å². The molecule has 1 aromatic heterocycles. The Balaban J connectivity index is 1.54. The van der Waals surface area contributed by atoms with Crippen LogP contribution in [0, 0.1) is 0 Å². The molecule has 2 aromatic carbocycles. The van der Waals surface area contributed by atoms with E-state index in [0.717, 1.165) is 5.56 Å². The number of methoxy groups -OCH3 is 1. The Morgan fingerprint density at radius 2 is 1.97 bits per heavy atom. The lowest BCUT2D eigenvalue weighted by Crippen LogP contribution is -2.20. The molecule has 0 radical (unpaired) electrons. The van der Waals surface area contributed by atoms with Gasteiger partial charge < -0.3 is 15.4 Å². The van der Waals surface area contributed by atoms with Crippen LogP contribution >= 0.6 is 0 Å². The van der Waals surface area contributed by atoms with Crippen molar-refractivity contribution in [3.05, 3.63) is 72.1 Å². The lowest BCUT2D eigenvalue weighted by molar-refractivity contribution is -0.116. The molecule has 0 bridgehead atoms. The maximum absolute atomic E-state index is 12.9. The zero-order valence-corrected chi connectivity index (χ0v) is 17.9. The van der Waals surface area contributed by atoms with Crippen molar-refractivity contribution in [1.82, 2.24) is 4.98 Å². The number of sulfonamides is 1. The number of rotatable bonds is 6. The van der Waals surface area contributed by atoms with E-state index < -0.39 is 10.0 Å². The van der Waals surface area contributed by atoms with Crippen molar-refractivity contribution in [2.45, 2.75) is 17.7 Å². The summed E-state index contributed by atoms with van der Waals surface area (Å²) in [5.74, 6) is -0.171. The summed E-state index contributed by atoms with van der Waals surface area (Å²) < 4.78 is 33.6. The van der Waals surface area contributed by atoms with Crippen LogP contribution < -0.4 is 20.1 Å². The van der Waals surface area contributed by atoms with Crippen molar-refractivity contribution in [3.8, 4) is 5.75 Å². The number of hydrogen-bond acceptors (Lipinski definition) is 6. The van der Waals surface area contributed by atoms with Gasteiger partial charge in [0.15, 0.2) is 0 Å². The number of benzene rings is 2. The Labute approximate surface area is 184 Å². The van der Waals surface area contributed by atoms with Crippen molar-refractivity contribution < 1.29 is 22.7 Å². The van der Waals surface area contributed by atoms with Crippen LogP contribution in [-0.2, 0) is 21.2 Å². The molecular formula is C22H20N4O5S. The number of pyridine rings is 1. The van der Waals surface area contributed by atoms with E-state index in [1.807, 2.05) is 0 Å². The molecule has 3 aromatic rings. The molecule has 0 aliphatic carbocycles. The van der Waals surface area contributed by atoms with Gasteiger partial charge in [0.05, 0.1) is 28.9 Å². The average Bonchev–Trinajstić information content (AvgIpc) is 2.80. The number of hydrogen-bond donors (Lipinski definition) is 3. The highest BCUT2D eigenvalue weighted by Crippen LogP contribution is 2.31. The van der Waals surface area contributed by atoms with E-state index in [4.69, 9.17) is 4.74 Å². The van der Waals surface area contributed by atoms with E-state index >= 15 is 0 Å². The molecule has 1 aliphatic heterocycles. The third kappa shape index (κ3) is 4.54. The predicted molar refractivity (Wildman–Crippen MR) is 119 cm³/mol. The van der Waals surface area contributed by atoms with Crippen LogP contribution in [-0.4, -0.2) is 32.3 Å². The standard InChI is InChI=1S/C22H20N4O5S/c1-31-20-12-16(5-7-19(20)25-22(28)15-3-2-10-23-13-15)26-32(29,30)17-6-8-18-14(11-17)4-9-21(27)24-18/h2-3,5-8,10-13,26H,4,9H2,1H3,(H,24,27)(H,25,28). The quantitative estimate of drug-likeness (QED) is 0.528. The maximum Gasteiger partial charge on any atom is 0.261 e. The molecule has 9 nitrogen and oxygen atoms in total. The van der Waals surface area contributed by atoms with Gasteiger partial charge in [-0.2, -0.15) is 0 Å². The molecule has 0 fully saturated rings. The van der Waals surface area contributed by atoms with Crippen LogP contribution in [0.2, 0.25) is 0 Å². The van der Waals surface area contributed by atoms with Crippen LogP contribution in [0.15, 0.2) is 65.8 Å². The molecule has 1 aliphatic rings. The fourth-order valence-electron chi connectivity index (χ4n) is 3.29. The van der Waals surface area contributed by atoms with E-state index in [9.17, 15) is 18.0 Å². The fourth-order valence-corrected chi connectivity index (χ4v) is 4.39. The molecule has 4 rings (SSSR count). The summed E-state index contributed by atoms with van der Waals surface area (Å²) in [6, 6.07) is 12.4. The Morgan fingerprint density at radius 3 is 2.72 bits per heavy atom. The Kier molecular flexibility index (Phi) is 5.78. The second-order valence-electron chi connectivity index (χ2n) is 7.08. The number of nitrogens with zero attached hydrogens (tertiary/aromatic N) is 1. The van der Waals surface area contributed by atoms with Gasteiger partial charge in [-0.1, -0.05) is 0 Å². The van der Waals surface area contributed by atoms with E-state index in [1.165, 1.54) is 31.5 Å². The highest BCUT2D eigenvalue weighted by molar-refractivity contribution is 7.92. The zero-order valence-electron chi connectivity index (χ0n) is 17.1. The van der Waals surface area contributed by atoms with Gasteiger partial charge in [-0.25, -0.2) is 8.42 Å². The molecule has 32 heavy (non-hydrogen) atoms. The lowest BCUT2D eigenvalue weighted by Gasteiger charge is -2.18. The smallest absolute Gasteiger partial charge is 0.261 e. The second-order valence-corrected chi connectivity index (χ2v) is 8.77. The predicted octanol–water partition coefficient (Wildman–Crippen LogP) is 3.03. The molecule has 164 valence electrons. The van der Waals surface area contributed by atoms with E-state index in [0.29, 0.717) is 29.8 Å².